The SMILES string of the molecule is CCOC(=O)C1=C(C)N=c2sc(=Cc3ccccc3OC)c(=O)n2C1c1ccc(OC(C)C)c(OC)c1. The first-order valence-electron chi connectivity index (χ1n) is 12.0. The number of benzene rings is 2. The van der Waals surface area contributed by atoms with E-state index in [1.807, 2.05) is 44.2 Å². The van der Waals surface area contributed by atoms with Gasteiger partial charge < -0.3 is 18.9 Å². The third kappa shape index (κ3) is 5.17. The molecule has 1 aliphatic heterocycles. The Morgan fingerprint density at radius 1 is 1.11 bits per heavy atom. The number of carbonyl (C=O) groups excluding carboxylic acids is 1. The van der Waals surface area contributed by atoms with Crippen molar-refractivity contribution in [3.63, 3.8) is 0 Å². The van der Waals surface area contributed by atoms with Crippen molar-refractivity contribution in [2.45, 2.75) is 39.8 Å². The van der Waals surface area contributed by atoms with Gasteiger partial charge in [-0.15, -0.1) is 0 Å². The van der Waals surface area contributed by atoms with Gasteiger partial charge in [0.05, 0.1) is 48.8 Å². The number of thiazole rings is 1. The van der Waals surface area contributed by atoms with Crippen LogP contribution in [0.5, 0.6) is 17.2 Å². The molecule has 2 aromatic carbocycles. The number of fused-ring (bicyclic) bond motifs is 1. The van der Waals surface area contributed by atoms with Gasteiger partial charge in [-0.3, -0.25) is 9.36 Å². The fraction of sp³-hybridized carbons (Fsp3) is 0.321. The number of methoxy groups -OCH3 is 2. The molecular weight excluding hydrogens is 492 g/mol. The summed E-state index contributed by atoms with van der Waals surface area (Å²) in [5.74, 6) is 1.21. The second-order valence-electron chi connectivity index (χ2n) is 8.62. The smallest absolute Gasteiger partial charge is 0.338 e. The topological polar surface area (TPSA) is 88.4 Å². The summed E-state index contributed by atoms with van der Waals surface area (Å²) in [6.45, 7) is 7.55. The van der Waals surface area contributed by atoms with Crippen LogP contribution in [0.2, 0.25) is 0 Å². The third-order valence-corrected chi connectivity index (χ3v) is 6.79. The van der Waals surface area contributed by atoms with Crippen LogP contribution in [0.25, 0.3) is 6.08 Å². The van der Waals surface area contributed by atoms with E-state index in [9.17, 15) is 9.59 Å². The van der Waals surface area contributed by atoms with E-state index in [-0.39, 0.29) is 18.3 Å². The Labute approximate surface area is 219 Å². The van der Waals surface area contributed by atoms with Crippen molar-refractivity contribution in [1.82, 2.24) is 4.57 Å². The van der Waals surface area contributed by atoms with Crippen LogP contribution < -0.4 is 29.1 Å². The van der Waals surface area contributed by atoms with E-state index in [0.717, 1.165) is 5.56 Å². The van der Waals surface area contributed by atoms with Gasteiger partial charge in [0.1, 0.15) is 5.75 Å². The predicted octanol–water partition coefficient (Wildman–Crippen LogP) is 3.60. The molecule has 1 unspecified atom stereocenters. The zero-order valence-corrected chi connectivity index (χ0v) is 22.5. The fourth-order valence-electron chi connectivity index (χ4n) is 4.24. The number of esters is 1. The second-order valence-corrected chi connectivity index (χ2v) is 9.63. The number of hydrogen-bond acceptors (Lipinski definition) is 8. The molecule has 0 saturated carbocycles. The van der Waals surface area contributed by atoms with Crippen LogP contribution in [0.4, 0.5) is 0 Å². The van der Waals surface area contributed by atoms with Crippen molar-refractivity contribution in [2.75, 3.05) is 20.8 Å². The molecule has 194 valence electrons. The van der Waals surface area contributed by atoms with Gasteiger partial charge in [0.25, 0.3) is 5.56 Å². The summed E-state index contributed by atoms with van der Waals surface area (Å²) < 4.78 is 24.3. The number of allylic oxidation sites excluding steroid dienone is 1. The van der Waals surface area contributed by atoms with E-state index < -0.39 is 12.0 Å². The van der Waals surface area contributed by atoms with E-state index in [1.165, 1.54) is 11.3 Å². The van der Waals surface area contributed by atoms with Gasteiger partial charge in [0, 0.05) is 5.56 Å². The molecule has 0 N–H and O–H groups in total. The first kappa shape index (κ1) is 26.2. The number of hydrogen-bond donors (Lipinski definition) is 0. The lowest BCUT2D eigenvalue weighted by atomic mass is 9.95. The Bertz CT molecular complexity index is 1530. The lowest BCUT2D eigenvalue weighted by molar-refractivity contribution is -0.139. The maximum atomic E-state index is 13.8. The molecule has 0 radical (unpaired) electrons. The highest BCUT2D eigenvalue weighted by atomic mass is 32.1. The van der Waals surface area contributed by atoms with Gasteiger partial charge in [0.15, 0.2) is 16.3 Å². The summed E-state index contributed by atoms with van der Waals surface area (Å²) in [5, 5.41) is 0. The van der Waals surface area contributed by atoms with Crippen molar-refractivity contribution in [3.8, 4) is 17.2 Å². The molecule has 0 fully saturated rings. The summed E-state index contributed by atoms with van der Waals surface area (Å²) in [4.78, 5) is 32.1. The van der Waals surface area contributed by atoms with Gasteiger partial charge in [-0.25, -0.2) is 9.79 Å². The van der Waals surface area contributed by atoms with Crippen molar-refractivity contribution in [3.05, 3.63) is 84.5 Å². The first-order valence-corrected chi connectivity index (χ1v) is 12.8. The molecule has 0 saturated heterocycles. The van der Waals surface area contributed by atoms with Crippen LogP contribution in [-0.2, 0) is 9.53 Å². The Morgan fingerprint density at radius 2 is 1.84 bits per heavy atom. The second kappa shape index (κ2) is 11.0. The molecule has 3 aromatic rings. The van der Waals surface area contributed by atoms with E-state index in [1.54, 1.807) is 50.8 Å². The molecular formula is C28H30N2O6S. The summed E-state index contributed by atoms with van der Waals surface area (Å²) in [7, 11) is 3.14. The molecule has 0 spiro atoms. The van der Waals surface area contributed by atoms with Gasteiger partial charge >= 0.3 is 5.97 Å². The van der Waals surface area contributed by atoms with Gasteiger partial charge in [0.2, 0.25) is 0 Å². The number of rotatable bonds is 8. The van der Waals surface area contributed by atoms with Crippen molar-refractivity contribution in [1.29, 1.82) is 0 Å². The Hall–Kier alpha value is -3.85. The number of carbonyl (C=O) groups is 1. The highest BCUT2D eigenvalue weighted by molar-refractivity contribution is 7.07. The van der Waals surface area contributed by atoms with E-state index in [2.05, 4.69) is 4.99 Å². The minimum atomic E-state index is -0.753. The highest BCUT2D eigenvalue weighted by Crippen LogP contribution is 2.36. The molecule has 2 heterocycles. The summed E-state index contributed by atoms with van der Waals surface area (Å²) >= 11 is 1.26. The Kier molecular flexibility index (Phi) is 7.83. The summed E-state index contributed by atoms with van der Waals surface area (Å²) in [6, 6.07) is 12.1. The zero-order valence-electron chi connectivity index (χ0n) is 21.7. The van der Waals surface area contributed by atoms with Crippen LogP contribution in [0.1, 0.15) is 44.9 Å². The molecule has 4 rings (SSSR count). The molecule has 0 aliphatic carbocycles. The van der Waals surface area contributed by atoms with E-state index in [4.69, 9.17) is 18.9 Å². The standard InChI is InChI=1S/C28H30N2O6S/c1-7-35-27(32)24-17(4)29-28-30(25(24)19-12-13-21(36-16(2)3)22(14-19)34-6)26(31)23(37-28)15-18-10-8-9-11-20(18)33-5/h8-16,25H,7H2,1-6H3. The Morgan fingerprint density at radius 3 is 2.51 bits per heavy atom. The van der Waals surface area contributed by atoms with Crippen LogP contribution in [0.15, 0.2) is 63.5 Å². The Balaban J connectivity index is 1.96. The average molecular weight is 523 g/mol. The molecule has 37 heavy (non-hydrogen) atoms. The van der Waals surface area contributed by atoms with Gasteiger partial charge in [-0.05, 0) is 57.5 Å². The van der Waals surface area contributed by atoms with E-state index in [0.29, 0.717) is 43.4 Å². The number of para-hydroxylation sites is 1. The summed E-state index contributed by atoms with van der Waals surface area (Å²) in [5.41, 5.74) is 1.98. The van der Waals surface area contributed by atoms with Crippen LogP contribution in [0.3, 0.4) is 0 Å². The lowest BCUT2D eigenvalue weighted by Gasteiger charge is -2.25. The fourth-order valence-corrected chi connectivity index (χ4v) is 5.28. The largest absolute Gasteiger partial charge is 0.496 e. The van der Waals surface area contributed by atoms with Gasteiger partial charge in [-0.1, -0.05) is 35.6 Å². The normalized spacial score (nSPS) is 15.3. The number of ether oxygens (including phenoxy) is 4. The van der Waals surface area contributed by atoms with Crippen molar-refractivity contribution in [2.24, 2.45) is 4.99 Å². The lowest BCUT2D eigenvalue weighted by Crippen LogP contribution is -2.40. The van der Waals surface area contributed by atoms with E-state index >= 15 is 0 Å². The average Bonchev–Trinajstić information content (AvgIpc) is 3.17. The molecule has 9 heteroatoms. The molecule has 0 amide bonds. The van der Waals surface area contributed by atoms with Gasteiger partial charge in [-0.2, -0.15) is 0 Å². The molecule has 0 bridgehead atoms. The third-order valence-electron chi connectivity index (χ3n) is 5.81. The highest BCUT2D eigenvalue weighted by Gasteiger charge is 2.34. The molecule has 1 atom stereocenters. The van der Waals surface area contributed by atoms with Crippen molar-refractivity contribution < 1.29 is 23.7 Å². The molecule has 1 aromatic heterocycles. The monoisotopic (exact) mass is 522 g/mol. The maximum absolute atomic E-state index is 13.8. The zero-order chi connectivity index (χ0) is 26.7. The minimum absolute atomic E-state index is 0.0513. The summed E-state index contributed by atoms with van der Waals surface area (Å²) in [6.07, 6.45) is 1.73. The predicted molar refractivity (Wildman–Crippen MR) is 142 cm³/mol. The quantitative estimate of drug-likeness (QED) is 0.420. The van der Waals surface area contributed by atoms with Crippen LogP contribution in [-0.4, -0.2) is 37.5 Å². The van der Waals surface area contributed by atoms with Crippen LogP contribution >= 0.6 is 11.3 Å². The first-order chi connectivity index (χ1) is 17.8. The molecule has 1 aliphatic rings. The van der Waals surface area contributed by atoms with Crippen molar-refractivity contribution >= 4 is 23.4 Å². The minimum Gasteiger partial charge on any atom is -0.496 e. The maximum Gasteiger partial charge on any atom is 0.338 e. The van der Waals surface area contributed by atoms with Crippen LogP contribution in [0, 0.1) is 0 Å². The molecule has 8 nitrogen and oxygen atoms in total. The number of nitrogens with zero attached hydrogens (tertiary/aromatic N) is 2. The number of aromatic nitrogens is 1.